The van der Waals surface area contributed by atoms with E-state index in [0.29, 0.717) is 0 Å². The molecule has 5 radical (unpaired) electrons. The zero-order valence-corrected chi connectivity index (χ0v) is 4.54. The molecule has 0 nitrogen and oxygen atoms in total. The van der Waals surface area contributed by atoms with Gasteiger partial charge in [-0.25, -0.2) is 0 Å². The fourth-order valence-electron chi connectivity index (χ4n) is 0.453. The van der Waals surface area contributed by atoms with Gasteiger partial charge in [0.25, 0.3) is 0 Å². The Morgan fingerprint density at radius 3 is 1.75 bits per heavy atom. The second-order valence-corrected chi connectivity index (χ2v) is 1.41. The maximum atomic E-state index is 5.36. The molecule has 0 aliphatic carbocycles. The van der Waals surface area contributed by atoms with E-state index in [4.69, 9.17) is 7.85 Å². The molecule has 0 spiro atoms. The van der Waals surface area contributed by atoms with Gasteiger partial charge in [0, 0.05) is 8.41 Å². The number of hydrogen-bond acceptors (Lipinski definition) is 0. The molecule has 0 unspecified atom stereocenters. The van der Waals surface area contributed by atoms with Gasteiger partial charge in [-0.1, -0.05) is 35.8 Å². The van der Waals surface area contributed by atoms with E-state index in [-0.39, 0.29) is 8.41 Å². The van der Waals surface area contributed by atoms with Crippen LogP contribution in [0.5, 0.6) is 0 Å². The van der Waals surface area contributed by atoms with Crippen molar-refractivity contribution >= 4 is 21.7 Å². The highest BCUT2D eigenvalue weighted by Gasteiger charge is 1.71. The Morgan fingerprint density at radius 1 is 1.00 bits per heavy atom. The van der Waals surface area contributed by atoms with Crippen LogP contribution >= 0.6 is 0 Å². The molecular weight excluding hydrogens is 93.7 g/mol. The third kappa shape index (κ3) is 1.87. The van der Waals surface area contributed by atoms with Crippen molar-refractivity contribution in [2.45, 2.75) is 0 Å². The summed E-state index contributed by atoms with van der Waals surface area (Å²) in [6.07, 6.45) is 0. The number of rotatable bonds is 0. The molecule has 0 aromatic heterocycles. The summed E-state index contributed by atoms with van der Waals surface area (Å²) in [5.74, 6) is 0. The Labute approximate surface area is 52.9 Å². The van der Waals surface area contributed by atoms with Gasteiger partial charge in [0.2, 0.25) is 0 Å². The quantitative estimate of drug-likeness (QED) is 0.404. The molecule has 0 aliphatic heterocycles. The van der Waals surface area contributed by atoms with Crippen LogP contribution in [0.1, 0.15) is 0 Å². The lowest BCUT2D eigenvalue weighted by Crippen LogP contribution is -1.97. The lowest BCUT2D eigenvalue weighted by Gasteiger charge is -1.83. The number of hydrogen-bond donors (Lipinski definition) is 0. The van der Waals surface area contributed by atoms with Crippen LogP contribution in [0.25, 0.3) is 0 Å². The van der Waals surface area contributed by atoms with Crippen molar-refractivity contribution in [3.8, 4) is 0 Å². The Hall–Kier alpha value is -0.650. The average Bonchev–Trinajstić information content (AvgIpc) is 1.69. The first-order valence-corrected chi connectivity index (χ1v) is 2.20. The lowest BCUT2D eigenvalue weighted by atomic mass is 9.97. The highest BCUT2D eigenvalue weighted by Crippen LogP contribution is 1.76. The molecule has 0 saturated heterocycles. The normalized spacial score (nSPS) is 7.50. The molecule has 0 heterocycles. The Morgan fingerprint density at radius 2 is 1.50 bits per heavy atom. The Bertz CT molecular complexity index is 136. The van der Waals surface area contributed by atoms with Crippen LogP contribution in [0.4, 0.5) is 0 Å². The van der Waals surface area contributed by atoms with Crippen molar-refractivity contribution in [1.82, 2.24) is 0 Å². The van der Waals surface area contributed by atoms with Gasteiger partial charge in [0.15, 0.2) is 0 Å². The largest absolute Gasteiger partial charge is 0.113 e. The molecule has 0 amide bonds. The molecule has 1 rings (SSSR count). The molecule has 1 aromatic carbocycles. The third-order valence-corrected chi connectivity index (χ3v) is 0.800. The van der Waals surface area contributed by atoms with Gasteiger partial charge in [-0.15, -0.1) is 0 Å². The first kappa shape index (κ1) is 7.35. The Balaban J connectivity index is 0.000000490. The van der Waals surface area contributed by atoms with Crippen molar-refractivity contribution in [1.29, 1.82) is 0 Å². The molecule has 0 saturated carbocycles. The van der Waals surface area contributed by atoms with E-state index in [1.54, 1.807) is 0 Å². The van der Waals surface area contributed by atoms with Crippen LogP contribution in [-0.4, -0.2) is 16.3 Å². The van der Waals surface area contributed by atoms with Gasteiger partial charge >= 0.3 is 0 Å². The fourth-order valence-corrected chi connectivity index (χ4v) is 0.453. The first-order valence-electron chi connectivity index (χ1n) is 2.20. The topological polar surface area (TPSA) is 0 Å². The van der Waals surface area contributed by atoms with Crippen molar-refractivity contribution in [2.75, 3.05) is 0 Å². The van der Waals surface area contributed by atoms with Crippen LogP contribution in [-0.2, 0) is 0 Å². The summed E-state index contributed by atoms with van der Waals surface area (Å²) in [5, 5.41) is 0. The maximum Gasteiger partial charge on any atom is 0.113 e. The van der Waals surface area contributed by atoms with Crippen LogP contribution in [0.2, 0.25) is 0 Å². The molecule has 0 aliphatic rings. The van der Waals surface area contributed by atoms with Gasteiger partial charge in [0.1, 0.15) is 7.85 Å². The van der Waals surface area contributed by atoms with E-state index >= 15 is 0 Å². The van der Waals surface area contributed by atoms with Gasteiger partial charge in [-0.3, -0.25) is 0 Å². The van der Waals surface area contributed by atoms with E-state index in [1.807, 2.05) is 30.3 Å². The van der Waals surface area contributed by atoms with Crippen molar-refractivity contribution in [2.24, 2.45) is 0 Å². The summed E-state index contributed by atoms with van der Waals surface area (Å²) in [6, 6.07) is 9.49. The van der Waals surface area contributed by atoms with E-state index in [0.717, 1.165) is 5.46 Å². The molecule has 35 valence electrons. The molecule has 0 bridgehead atoms. The number of benzene rings is 1. The highest BCUT2D eigenvalue weighted by atomic mass is 13.7. The summed E-state index contributed by atoms with van der Waals surface area (Å²) in [6.45, 7) is 0. The summed E-state index contributed by atoms with van der Waals surface area (Å²) in [5.41, 5.74) is 0.822. The minimum Gasteiger partial charge on any atom is -0.0967 e. The van der Waals surface area contributed by atoms with Gasteiger partial charge in [-0.05, 0) is 0 Å². The van der Waals surface area contributed by atoms with Crippen LogP contribution in [0.15, 0.2) is 30.3 Å². The van der Waals surface area contributed by atoms with Crippen molar-refractivity contribution in [3.05, 3.63) is 30.3 Å². The zero-order chi connectivity index (χ0) is 5.11. The summed E-state index contributed by atoms with van der Waals surface area (Å²) in [4.78, 5) is 0. The molecule has 0 atom stereocenters. The van der Waals surface area contributed by atoms with Gasteiger partial charge < -0.3 is 0 Å². The molecule has 0 fully saturated rings. The minimum absolute atomic E-state index is 0. The summed E-state index contributed by atoms with van der Waals surface area (Å²) < 4.78 is 0. The van der Waals surface area contributed by atoms with E-state index < -0.39 is 0 Å². The predicted octanol–water partition coefficient (Wildman–Crippen LogP) is 0.0996. The maximum absolute atomic E-state index is 5.36. The Kier molecular flexibility index (Phi) is 3.09. The molecule has 0 N–H and O–H groups in total. The monoisotopic (exact) mass is 99.1 g/mol. The summed E-state index contributed by atoms with van der Waals surface area (Å²) in [7, 11) is 5.36. The molecule has 2 heteroatoms. The summed E-state index contributed by atoms with van der Waals surface area (Å²) >= 11 is 0. The average molecular weight is 98.7 g/mol. The highest BCUT2D eigenvalue weighted by molar-refractivity contribution is 6.32. The lowest BCUT2D eigenvalue weighted by molar-refractivity contribution is 1.78. The van der Waals surface area contributed by atoms with Crippen molar-refractivity contribution in [3.63, 3.8) is 0 Å². The van der Waals surface area contributed by atoms with E-state index in [2.05, 4.69) is 0 Å². The third-order valence-electron chi connectivity index (χ3n) is 0.800. The second kappa shape index (κ2) is 3.36. The fraction of sp³-hybridized carbons (Fsp3) is 0. The van der Waals surface area contributed by atoms with Gasteiger partial charge in [-0.2, -0.15) is 0 Å². The minimum atomic E-state index is 0. The smallest absolute Gasteiger partial charge is 0.0967 e. The predicted molar refractivity (Wildman–Crippen MR) is 37.6 cm³/mol. The molecule has 8 heavy (non-hydrogen) atoms. The van der Waals surface area contributed by atoms with Crippen LogP contribution in [0.3, 0.4) is 0 Å². The van der Waals surface area contributed by atoms with Gasteiger partial charge in [0.05, 0.1) is 0 Å². The molecular formula is C6H5B2. The standard InChI is InChI=1S/C6H5B.B/c7-6-4-2-1-3-5-6;/h1-5H;. The van der Waals surface area contributed by atoms with E-state index in [9.17, 15) is 0 Å². The van der Waals surface area contributed by atoms with Crippen LogP contribution in [0, 0.1) is 0 Å². The first-order chi connectivity index (χ1) is 3.39. The zero-order valence-electron chi connectivity index (χ0n) is 4.54. The second-order valence-electron chi connectivity index (χ2n) is 1.41. The van der Waals surface area contributed by atoms with Crippen molar-refractivity contribution < 1.29 is 0 Å². The SMILES string of the molecule is [B].[B]c1ccccc1. The van der Waals surface area contributed by atoms with E-state index in [1.165, 1.54) is 0 Å². The van der Waals surface area contributed by atoms with Crippen LogP contribution < -0.4 is 5.46 Å². The molecule has 1 aromatic rings.